The van der Waals surface area contributed by atoms with E-state index < -0.39 is 11.8 Å². The van der Waals surface area contributed by atoms with Crippen molar-refractivity contribution in [2.45, 2.75) is 47.9 Å². The molecule has 8 aromatic rings. The van der Waals surface area contributed by atoms with Crippen molar-refractivity contribution in [3.05, 3.63) is 143 Å². The molecule has 0 saturated heterocycles. The molecular formula is C44H38IrN2OS-2. The number of thiophene rings is 1. The molecule has 3 nitrogen and oxygen atoms in total. The Morgan fingerprint density at radius 1 is 0.755 bits per heavy atom. The molecule has 0 aliphatic carbocycles. The van der Waals surface area contributed by atoms with Crippen LogP contribution in [0.5, 0.6) is 0 Å². The summed E-state index contributed by atoms with van der Waals surface area (Å²) in [5, 5.41) is 3.20. The number of benzene rings is 4. The van der Waals surface area contributed by atoms with E-state index in [9.17, 15) is 2.74 Å². The molecule has 4 aromatic heterocycles. The number of pyridine rings is 2. The van der Waals surface area contributed by atoms with Gasteiger partial charge in [-0.25, -0.2) is 0 Å². The van der Waals surface area contributed by atoms with Crippen LogP contribution >= 0.6 is 11.3 Å². The molecule has 0 aliphatic heterocycles. The van der Waals surface area contributed by atoms with Gasteiger partial charge in [0.05, 0.1) is 5.58 Å². The van der Waals surface area contributed by atoms with Crippen LogP contribution < -0.4 is 0 Å². The van der Waals surface area contributed by atoms with Gasteiger partial charge in [0.15, 0.2) is 0 Å². The Morgan fingerprint density at radius 3 is 2.24 bits per heavy atom. The molecule has 0 amide bonds. The normalized spacial score (nSPS) is 12.3. The maximum absolute atomic E-state index is 9.26. The Balaban J connectivity index is 0.000000291. The summed E-state index contributed by atoms with van der Waals surface area (Å²) in [5.41, 5.74) is 9.09. The van der Waals surface area contributed by atoms with Crippen molar-refractivity contribution in [2.24, 2.45) is 5.41 Å². The molecule has 0 bridgehead atoms. The molecule has 0 unspecified atom stereocenters. The Kier molecular flexibility index (Phi) is 9.23. The zero-order valence-corrected chi connectivity index (χ0v) is 31.6. The van der Waals surface area contributed by atoms with Crippen molar-refractivity contribution in [3.8, 4) is 33.6 Å². The number of fused-ring (bicyclic) bond motifs is 5. The van der Waals surface area contributed by atoms with Gasteiger partial charge in [-0.05, 0) is 84.4 Å². The molecule has 0 fully saturated rings. The largest absolute Gasteiger partial charge is 0.500 e. The number of nitrogens with zero attached hydrogens (tertiary/aromatic N) is 2. The second kappa shape index (κ2) is 14.2. The first-order chi connectivity index (χ1) is 23.9. The Bertz CT molecular complexity index is 2420. The average Bonchev–Trinajstić information content (AvgIpc) is 3.69. The third-order valence-electron chi connectivity index (χ3n) is 8.29. The van der Waals surface area contributed by atoms with Gasteiger partial charge in [0.1, 0.15) is 5.58 Å². The van der Waals surface area contributed by atoms with E-state index in [4.69, 9.17) is 9.40 Å². The fraction of sp³-hybridized carbons (Fsp3) is 0.182. The molecule has 5 heteroatoms. The van der Waals surface area contributed by atoms with E-state index in [0.29, 0.717) is 11.3 Å². The van der Waals surface area contributed by atoms with Crippen LogP contribution in [0.4, 0.5) is 0 Å². The van der Waals surface area contributed by atoms with Crippen LogP contribution in [0, 0.1) is 38.3 Å². The molecule has 1 radical (unpaired) electrons. The first-order valence-electron chi connectivity index (χ1n) is 17.2. The van der Waals surface area contributed by atoms with Crippen LogP contribution in [0.15, 0.2) is 114 Å². The van der Waals surface area contributed by atoms with Crippen LogP contribution in [-0.4, -0.2) is 9.97 Å². The second-order valence-corrected chi connectivity index (χ2v) is 14.4. The van der Waals surface area contributed by atoms with E-state index in [1.807, 2.05) is 93.7 Å². The summed E-state index contributed by atoms with van der Waals surface area (Å²) in [4.78, 5) is 10.4. The Hall–Kier alpha value is -4.41. The Labute approximate surface area is 309 Å². The smallest absolute Gasteiger partial charge is 0.129 e. The molecule has 8 rings (SSSR count). The van der Waals surface area contributed by atoms with Crippen molar-refractivity contribution < 1.29 is 27.3 Å². The maximum Gasteiger partial charge on any atom is 0.129 e. The van der Waals surface area contributed by atoms with Gasteiger partial charge in [-0.1, -0.05) is 74.2 Å². The molecule has 0 atom stereocenters. The minimum Gasteiger partial charge on any atom is -0.500 e. The van der Waals surface area contributed by atoms with Crippen molar-refractivity contribution >= 4 is 43.4 Å². The summed E-state index contributed by atoms with van der Waals surface area (Å²) in [7, 11) is 0. The van der Waals surface area contributed by atoms with Crippen LogP contribution in [0.3, 0.4) is 0 Å². The third-order valence-corrected chi connectivity index (χ3v) is 9.30. The van der Waals surface area contributed by atoms with Gasteiger partial charge in [0.25, 0.3) is 0 Å². The summed E-state index contributed by atoms with van der Waals surface area (Å²) in [6.45, 7) is 12.1. The maximum atomic E-state index is 9.26. The van der Waals surface area contributed by atoms with Crippen molar-refractivity contribution in [3.63, 3.8) is 0 Å². The standard InChI is InChI=1S/C33H30NOS.C11H8N.Ir/c1-19-9-7-10-20(2)30(19)27-18-34-28(16-22(27)17-33(4,5)6)25-12-8-11-23-24-13-14-29-26(15-21(3)36-29)32(24)35-31(23)25;1-2-6-10(7-3-1)11-8-4-5-9-12-11;/h7-11,13-16,18H,17H2,1-6H3;1-6,8-9H;/q2*-1;/i17D2;;. The van der Waals surface area contributed by atoms with E-state index in [0.717, 1.165) is 66.4 Å². The molecule has 4 aromatic carbocycles. The van der Waals surface area contributed by atoms with Gasteiger partial charge >= 0.3 is 0 Å². The van der Waals surface area contributed by atoms with Crippen LogP contribution in [-0.2, 0) is 26.5 Å². The van der Waals surface area contributed by atoms with Crippen molar-refractivity contribution in [1.29, 1.82) is 0 Å². The number of hydrogen-bond donors (Lipinski definition) is 0. The summed E-state index contributed by atoms with van der Waals surface area (Å²) >= 11 is 1.76. The van der Waals surface area contributed by atoms with Crippen LogP contribution in [0.25, 0.3) is 65.7 Å². The number of hydrogen-bond acceptors (Lipinski definition) is 4. The monoisotopic (exact) mass is 837 g/mol. The molecule has 4 heterocycles. The minimum absolute atomic E-state index is 0. The fourth-order valence-electron chi connectivity index (χ4n) is 6.24. The van der Waals surface area contributed by atoms with Gasteiger partial charge in [0.2, 0.25) is 0 Å². The van der Waals surface area contributed by atoms with E-state index in [2.05, 4.69) is 68.2 Å². The predicted octanol–water partition coefficient (Wildman–Crippen LogP) is 12.4. The van der Waals surface area contributed by atoms with Gasteiger partial charge in [-0.3, -0.25) is 0 Å². The van der Waals surface area contributed by atoms with Crippen LogP contribution in [0.2, 0.25) is 0 Å². The van der Waals surface area contributed by atoms with E-state index in [1.165, 1.54) is 9.58 Å². The fourth-order valence-corrected chi connectivity index (χ4v) is 7.16. The summed E-state index contributed by atoms with van der Waals surface area (Å²) < 4.78 is 26.3. The van der Waals surface area contributed by atoms with E-state index in [-0.39, 0.29) is 20.1 Å². The van der Waals surface area contributed by atoms with Crippen molar-refractivity contribution in [1.82, 2.24) is 9.97 Å². The number of furan rings is 1. The first kappa shape index (κ1) is 31.8. The predicted molar refractivity (Wildman–Crippen MR) is 202 cm³/mol. The Morgan fingerprint density at radius 2 is 1.53 bits per heavy atom. The second-order valence-electron chi connectivity index (χ2n) is 13.2. The van der Waals surface area contributed by atoms with Gasteiger partial charge in [-0.15, -0.1) is 65.4 Å². The number of aryl methyl sites for hydroxylation is 3. The van der Waals surface area contributed by atoms with Gasteiger partial charge in [-0.2, -0.15) is 0 Å². The molecule has 247 valence electrons. The molecule has 0 spiro atoms. The summed E-state index contributed by atoms with van der Waals surface area (Å²) in [5.74, 6) is 0. The molecule has 49 heavy (non-hydrogen) atoms. The zero-order valence-electron chi connectivity index (χ0n) is 30.4. The minimum atomic E-state index is -1.61. The zero-order chi connectivity index (χ0) is 35.2. The quantitative estimate of drug-likeness (QED) is 0.166. The van der Waals surface area contributed by atoms with E-state index >= 15 is 0 Å². The van der Waals surface area contributed by atoms with Gasteiger partial charge < -0.3 is 14.4 Å². The topological polar surface area (TPSA) is 38.9 Å². The third kappa shape index (κ3) is 7.16. The average molecular weight is 837 g/mol. The molecular weight excluding hydrogens is 797 g/mol. The number of rotatable bonds is 4. The summed E-state index contributed by atoms with van der Waals surface area (Å²) in [6, 6.07) is 38.7. The van der Waals surface area contributed by atoms with Crippen molar-refractivity contribution in [2.75, 3.05) is 0 Å². The van der Waals surface area contributed by atoms with Gasteiger partial charge in [0, 0.05) is 61.2 Å². The SMILES string of the molecule is [2H]C([2H])(c1cc(-c2[c-]ccc3c2oc2c4cc(C)sc4ccc32)ncc1-c1c(C)cccc1C)C(C)(C)C.[Ir].[c-]1ccccc1-c1ccccn1. The number of aromatic nitrogens is 2. The van der Waals surface area contributed by atoms with Crippen LogP contribution in [0.1, 0.15) is 45.1 Å². The molecule has 0 aliphatic rings. The molecule has 0 saturated carbocycles. The first-order valence-corrected chi connectivity index (χ1v) is 17.0. The van der Waals surface area contributed by atoms with E-state index in [1.54, 1.807) is 17.5 Å². The molecule has 0 N–H and O–H groups in total. The summed E-state index contributed by atoms with van der Waals surface area (Å²) in [6.07, 6.45) is 2.01.